The van der Waals surface area contributed by atoms with Gasteiger partial charge in [-0.25, -0.2) is 9.37 Å². The van der Waals surface area contributed by atoms with Crippen molar-refractivity contribution in [2.45, 2.75) is 25.4 Å². The molecule has 0 aliphatic rings. The number of hydrogen-bond acceptors (Lipinski definition) is 3. The Labute approximate surface area is 144 Å². The van der Waals surface area contributed by atoms with Crippen molar-refractivity contribution < 1.29 is 14.3 Å². The number of amides is 1. The van der Waals surface area contributed by atoms with Crippen LogP contribution in [-0.4, -0.2) is 27.5 Å². The maximum absolute atomic E-state index is 13.2. The number of rotatable bonds is 6. The van der Waals surface area contributed by atoms with E-state index < -0.39 is 5.60 Å². The second-order valence-electron chi connectivity index (χ2n) is 6.26. The number of aliphatic hydroxyl groups is 1. The van der Waals surface area contributed by atoms with E-state index in [-0.39, 0.29) is 18.1 Å². The molecule has 2 aromatic carbocycles. The number of nitrogens with one attached hydrogen (secondary N) is 2. The average molecular weight is 341 g/mol. The molecule has 0 saturated carbocycles. The summed E-state index contributed by atoms with van der Waals surface area (Å²) in [4.78, 5) is 19.5. The van der Waals surface area contributed by atoms with Gasteiger partial charge >= 0.3 is 0 Å². The van der Waals surface area contributed by atoms with Crippen molar-refractivity contribution in [1.82, 2.24) is 15.3 Å². The Kier molecular flexibility index (Phi) is 4.81. The predicted octanol–water partition coefficient (Wildman–Crippen LogP) is 2.66. The third kappa shape index (κ3) is 4.22. The Morgan fingerprint density at radius 3 is 2.80 bits per heavy atom. The molecule has 0 aliphatic heterocycles. The summed E-state index contributed by atoms with van der Waals surface area (Å²) in [7, 11) is 0. The van der Waals surface area contributed by atoms with E-state index in [9.17, 15) is 14.3 Å². The summed E-state index contributed by atoms with van der Waals surface area (Å²) < 4.78 is 13.2. The van der Waals surface area contributed by atoms with E-state index in [0.29, 0.717) is 35.4 Å². The minimum atomic E-state index is -1.22. The van der Waals surface area contributed by atoms with Crippen LogP contribution >= 0.6 is 0 Å². The maximum atomic E-state index is 13.2. The Bertz CT molecular complexity index is 875. The van der Waals surface area contributed by atoms with E-state index in [2.05, 4.69) is 15.3 Å². The summed E-state index contributed by atoms with van der Waals surface area (Å²) in [6, 6.07) is 13.5. The molecule has 0 saturated heterocycles. The van der Waals surface area contributed by atoms with Gasteiger partial charge in [0.15, 0.2) is 0 Å². The van der Waals surface area contributed by atoms with Gasteiger partial charge in [-0.1, -0.05) is 30.3 Å². The molecule has 0 radical (unpaired) electrons. The molecule has 0 bridgehead atoms. The van der Waals surface area contributed by atoms with E-state index in [0.717, 1.165) is 0 Å². The minimum Gasteiger partial charge on any atom is -0.385 e. The van der Waals surface area contributed by atoms with Crippen LogP contribution in [0.15, 0.2) is 48.5 Å². The molecule has 1 amide bonds. The van der Waals surface area contributed by atoms with E-state index in [1.165, 1.54) is 12.1 Å². The molecule has 1 aromatic heterocycles. The van der Waals surface area contributed by atoms with Gasteiger partial charge in [-0.3, -0.25) is 4.79 Å². The number of carbonyl (C=O) groups is 1. The summed E-state index contributed by atoms with van der Waals surface area (Å²) in [5.41, 5.74) is 0.801. The molecular formula is C19H20FN3O2. The van der Waals surface area contributed by atoms with Crippen molar-refractivity contribution in [3.8, 4) is 0 Å². The second kappa shape index (κ2) is 7.03. The minimum absolute atomic E-state index is 0.0254. The van der Waals surface area contributed by atoms with Crippen LogP contribution in [0.2, 0.25) is 0 Å². The van der Waals surface area contributed by atoms with Crippen molar-refractivity contribution in [1.29, 1.82) is 0 Å². The normalized spacial score (nSPS) is 13.6. The van der Waals surface area contributed by atoms with Gasteiger partial charge in [0.05, 0.1) is 23.1 Å². The summed E-state index contributed by atoms with van der Waals surface area (Å²) in [6.45, 7) is 2.00. The molecule has 5 nitrogen and oxygen atoms in total. The quantitative estimate of drug-likeness (QED) is 0.645. The molecule has 0 aliphatic carbocycles. The maximum Gasteiger partial charge on any atom is 0.223 e. The fourth-order valence-corrected chi connectivity index (χ4v) is 2.75. The van der Waals surface area contributed by atoms with Crippen LogP contribution in [-0.2, 0) is 16.8 Å². The first-order chi connectivity index (χ1) is 11.9. The first-order valence-electron chi connectivity index (χ1n) is 8.13. The third-order valence-electron chi connectivity index (χ3n) is 4.08. The lowest BCUT2D eigenvalue weighted by molar-refractivity contribution is -0.125. The Morgan fingerprint density at radius 2 is 2.04 bits per heavy atom. The molecule has 0 spiro atoms. The smallest absolute Gasteiger partial charge is 0.223 e. The van der Waals surface area contributed by atoms with E-state index in [4.69, 9.17) is 0 Å². The molecule has 130 valence electrons. The Hall–Kier alpha value is -2.73. The van der Waals surface area contributed by atoms with E-state index in [1.54, 1.807) is 25.1 Å². The predicted molar refractivity (Wildman–Crippen MR) is 93.4 cm³/mol. The highest BCUT2D eigenvalue weighted by Crippen LogP contribution is 2.23. The topological polar surface area (TPSA) is 78.0 Å². The van der Waals surface area contributed by atoms with Gasteiger partial charge in [-0.15, -0.1) is 0 Å². The first kappa shape index (κ1) is 17.1. The van der Waals surface area contributed by atoms with Crippen molar-refractivity contribution in [2.75, 3.05) is 6.54 Å². The summed E-state index contributed by atoms with van der Waals surface area (Å²) in [5, 5.41) is 13.3. The zero-order valence-electron chi connectivity index (χ0n) is 13.9. The number of aromatic nitrogens is 2. The summed E-state index contributed by atoms with van der Waals surface area (Å²) in [6.07, 6.45) is 0.470. The Morgan fingerprint density at radius 1 is 1.28 bits per heavy atom. The zero-order chi connectivity index (χ0) is 17.9. The molecular weight excluding hydrogens is 321 g/mol. The molecule has 3 aromatic rings. The van der Waals surface area contributed by atoms with Crippen LogP contribution in [0.5, 0.6) is 0 Å². The first-order valence-corrected chi connectivity index (χ1v) is 8.13. The highest BCUT2D eigenvalue weighted by Gasteiger charge is 2.26. The molecule has 1 unspecified atom stereocenters. The van der Waals surface area contributed by atoms with E-state index >= 15 is 0 Å². The lowest BCUT2D eigenvalue weighted by atomic mass is 9.92. The standard InChI is InChI=1S/C19H20FN3O2/c1-19(25,13-5-3-2-4-6-13)12-18(24)21-10-9-17-22-15-8-7-14(20)11-16(15)23-17/h2-8,11,25H,9-10,12H2,1H3,(H,21,24)(H,22,23). The average Bonchev–Trinajstić information content (AvgIpc) is 2.97. The van der Waals surface area contributed by atoms with Crippen LogP contribution in [0.1, 0.15) is 24.7 Å². The van der Waals surface area contributed by atoms with Gasteiger partial charge in [-0.05, 0) is 30.7 Å². The van der Waals surface area contributed by atoms with Crippen LogP contribution < -0.4 is 5.32 Å². The summed E-state index contributed by atoms with van der Waals surface area (Å²) >= 11 is 0. The fraction of sp³-hybridized carbons (Fsp3) is 0.263. The van der Waals surface area contributed by atoms with Crippen LogP contribution in [0, 0.1) is 5.82 Å². The number of carbonyl (C=O) groups excluding carboxylic acids is 1. The monoisotopic (exact) mass is 341 g/mol. The van der Waals surface area contributed by atoms with Gasteiger partial charge in [0.2, 0.25) is 5.91 Å². The molecule has 3 rings (SSSR count). The number of imidazole rings is 1. The van der Waals surface area contributed by atoms with E-state index in [1.807, 2.05) is 18.2 Å². The molecule has 6 heteroatoms. The molecule has 25 heavy (non-hydrogen) atoms. The summed E-state index contributed by atoms with van der Waals surface area (Å²) in [5.74, 6) is 0.117. The number of hydrogen-bond donors (Lipinski definition) is 3. The number of nitrogens with zero attached hydrogens (tertiary/aromatic N) is 1. The highest BCUT2D eigenvalue weighted by atomic mass is 19.1. The number of aromatic amines is 1. The van der Waals surface area contributed by atoms with Gasteiger partial charge in [-0.2, -0.15) is 0 Å². The zero-order valence-corrected chi connectivity index (χ0v) is 13.9. The van der Waals surface area contributed by atoms with Crippen molar-refractivity contribution in [3.05, 3.63) is 65.7 Å². The molecule has 1 atom stereocenters. The van der Waals surface area contributed by atoms with Crippen molar-refractivity contribution >= 4 is 16.9 Å². The molecule has 0 fully saturated rings. The largest absolute Gasteiger partial charge is 0.385 e. The molecule has 3 N–H and O–H groups in total. The van der Waals surface area contributed by atoms with Gasteiger partial charge in [0, 0.05) is 13.0 Å². The highest BCUT2D eigenvalue weighted by molar-refractivity contribution is 5.77. The second-order valence-corrected chi connectivity index (χ2v) is 6.26. The number of halogens is 1. The lowest BCUT2D eigenvalue weighted by Gasteiger charge is -2.23. The van der Waals surface area contributed by atoms with Gasteiger partial charge in [0.25, 0.3) is 0 Å². The Balaban J connectivity index is 1.53. The van der Waals surface area contributed by atoms with Gasteiger partial charge in [0.1, 0.15) is 11.6 Å². The van der Waals surface area contributed by atoms with Crippen molar-refractivity contribution in [2.24, 2.45) is 0 Å². The van der Waals surface area contributed by atoms with Gasteiger partial charge < -0.3 is 15.4 Å². The molecule has 1 heterocycles. The lowest BCUT2D eigenvalue weighted by Crippen LogP contribution is -2.33. The number of H-pyrrole nitrogens is 1. The SMILES string of the molecule is CC(O)(CC(=O)NCCc1nc2ccc(F)cc2[nH]1)c1ccccc1. The fourth-order valence-electron chi connectivity index (χ4n) is 2.75. The van der Waals surface area contributed by atoms with Crippen LogP contribution in [0.4, 0.5) is 4.39 Å². The van der Waals surface area contributed by atoms with Crippen LogP contribution in [0.3, 0.4) is 0 Å². The van der Waals surface area contributed by atoms with Crippen molar-refractivity contribution in [3.63, 3.8) is 0 Å². The number of fused-ring (bicyclic) bond motifs is 1. The van der Waals surface area contributed by atoms with Crippen LogP contribution in [0.25, 0.3) is 11.0 Å². The number of benzene rings is 2. The third-order valence-corrected chi connectivity index (χ3v) is 4.08.